The van der Waals surface area contributed by atoms with E-state index in [1.807, 2.05) is 0 Å². The Kier molecular flexibility index (Phi) is 5.40. The van der Waals surface area contributed by atoms with E-state index in [0.717, 1.165) is 6.07 Å². The Hall–Kier alpha value is -4.13. The van der Waals surface area contributed by atoms with Crippen molar-refractivity contribution in [2.24, 2.45) is 0 Å². The molecular weight excluding hydrogens is 445 g/mol. The van der Waals surface area contributed by atoms with Gasteiger partial charge >= 0.3 is 6.18 Å². The van der Waals surface area contributed by atoms with Gasteiger partial charge in [-0.2, -0.15) is 13.2 Å². The number of halogens is 3. The van der Waals surface area contributed by atoms with Crippen LogP contribution in [0.25, 0.3) is 22.6 Å². The van der Waals surface area contributed by atoms with Gasteiger partial charge in [0.25, 0.3) is 5.91 Å². The predicted molar refractivity (Wildman–Crippen MR) is 112 cm³/mol. The number of alkyl halides is 3. The van der Waals surface area contributed by atoms with Gasteiger partial charge in [0.05, 0.1) is 40.2 Å². The molecule has 0 fully saturated rings. The number of amides is 1. The topological polar surface area (TPSA) is 146 Å². The quantitative estimate of drug-likeness (QED) is 0.421. The molecule has 32 heavy (non-hydrogen) atoms. The van der Waals surface area contributed by atoms with E-state index in [1.165, 1.54) is 35.9 Å². The van der Waals surface area contributed by atoms with Crippen molar-refractivity contribution in [1.29, 1.82) is 0 Å². The first-order valence-corrected chi connectivity index (χ1v) is 9.79. The number of pyridine rings is 2. The third-order valence-corrected chi connectivity index (χ3v) is 4.77. The molecule has 0 unspecified atom stereocenters. The number of anilines is 3. The lowest BCUT2D eigenvalue weighted by atomic mass is 10.1. The van der Waals surface area contributed by atoms with Crippen LogP contribution in [0, 0.1) is 0 Å². The summed E-state index contributed by atoms with van der Waals surface area (Å²) in [6, 6.07) is 5.69. The van der Waals surface area contributed by atoms with Gasteiger partial charge < -0.3 is 16.8 Å². The second-order valence-electron chi connectivity index (χ2n) is 6.38. The molecule has 9 nitrogen and oxygen atoms in total. The summed E-state index contributed by atoms with van der Waals surface area (Å²) in [4.78, 5) is 32.0. The van der Waals surface area contributed by atoms with Gasteiger partial charge in [-0.25, -0.2) is 19.9 Å². The molecule has 5 N–H and O–H groups in total. The lowest BCUT2D eigenvalue weighted by Gasteiger charge is -2.13. The third-order valence-electron chi connectivity index (χ3n) is 4.18. The summed E-state index contributed by atoms with van der Waals surface area (Å²) in [5.74, 6) is -2.46. The normalized spacial score (nSPS) is 11.3. The summed E-state index contributed by atoms with van der Waals surface area (Å²) in [6.45, 7) is 0. The van der Waals surface area contributed by atoms with Crippen LogP contribution in [-0.2, 0) is 6.18 Å². The molecule has 13 heteroatoms. The Morgan fingerprint density at radius 3 is 2.56 bits per heavy atom. The monoisotopic (exact) mass is 458 g/mol. The fraction of sp³-hybridized carbons (Fsp3) is 0.0526. The average molecular weight is 458 g/mol. The zero-order valence-electron chi connectivity index (χ0n) is 16.0. The largest absolute Gasteiger partial charge is 0.451 e. The van der Waals surface area contributed by atoms with Crippen LogP contribution in [0.3, 0.4) is 0 Å². The van der Waals surface area contributed by atoms with Crippen LogP contribution in [0.4, 0.5) is 30.4 Å². The van der Waals surface area contributed by atoms with Crippen molar-refractivity contribution in [2.45, 2.75) is 6.18 Å². The molecule has 0 saturated heterocycles. The number of carbonyl (C=O) groups is 1. The smallest absolute Gasteiger partial charge is 0.397 e. The maximum atomic E-state index is 13.1. The lowest BCUT2D eigenvalue weighted by Crippen LogP contribution is -2.17. The van der Waals surface area contributed by atoms with Crippen molar-refractivity contribution < 1.29 is 18.0 Å². The number of nitrogen functional groups attached to an aromatic ring is 2. The van der Waals surface area contributed by atoms with E-state index in [4.69, 9.17) is 11.5 Å². The highest BCUT2D eigenvalue weighted by atomic mass is 32.1. The third kappa shape index (κ3) is 4.32. The van der Waals surface area contributed by atoms with Crippen LogP contribution in [0.15, 0.2) is 47.5 Å². The van der Waals surface area contributed by atoms with Crippen LogP contribution in [0.5, 0.6) is 0 Å². The van der Waals surface area contributed by atoms with Gasteiger partial charge in [0.1, 0.15) is 5.82 Å². The van der Waals surface area contributed by atoms with E-state index in [1.54, 1.807) is 17.0 Å². The molecule has 0 spiro atoms. The van der Waals surface area contributed by atoms with E-state index < -0.39 is 17.9 Å². The number of carbonyl (C=O) groups excluding carboxylic acids is 1. The van der Waals surface area contributed by atoms with E-state index in [-0.39, 0.29) is 34.1 Å². The molecular formula is C19H13F3N8OS. The van der Waals surface area contributed by atoms with E-state index in [9.17, 15) is 18.0 Å². The molecule has 0 radical (unpaired) electrons. The number of nitrogens with two attached hydrogens (primary N) is 2. The average Bonchev–Trinajstić information content (AvgIpc) is 3.28. The first kappa shape index (κ1) is 21.1. The molecule has 0 aliphatic carbocycles. The minimum absolute atomic E-state index is 0.0801. The minimum Gasteiger partial charge on any atom is -0.397 e. The van der Waals surface area contributed by atoms with Gasteiger partial charge in [0.15, 0.2) is 5.69 Å². The maximum absolute atomic E-state index is 13.1. The summed E-state index contributed by atoms with van der Waals surface area (Å²) in [6.07, 6.45) is -2.19. The van der Waals surface area contributed by atoms with Gasteiger partial charge in [0, 0.05) is 23.2 Å². The molecule has 0 saturated carbocycles. The van der Waals surface area contributed by atoms with Crippen LogP contribution in [0.1, 0.15) is 16.3 Å². The van der Waals surface area contributed by atoms with Gasteiger partial charge in [-0.15, -0.1) is 11.3 Å². The molecule has 0 aromatic carbocycles. The van der Waals surface area contributed by atoms with E-state index >= 15 is 0 Å². The first-order valence-electron chi connectivity index (χ1n) is 8.85. The number of thiazole rings is 1. The van der Waals surface area contributed by atoms with Gasteiger partial charge in [-0.05, 0) is 18.2 Å². The standard InChI is InChI=1S/C19H13F3N8OS/c20-19(21,22)18-29-12(5-15(24)30-18)9-3-4-25-6-13(9)28-17(31)16-10(23)1-2-11(27-16)14-7-32-8-26-14/h1-8H,23H2,(H,28,31)(H2,24,29,30). The molecule has 162 valence electrons. The number of hydrogen-bond donors (Lipinski definition) is 3. The van der Waals surface area contributed by atoms with Crippen molar-refractivity contribution >= 4 is 34.4 Å². The van der Waals surface area contributed by atoms with Gasteiger partial charge in [-0.3, -0.25) is 9.78 Å². The van der Waals surface area contributed by atoms with Gasteiger partial charge in [-0.1, -0.05) is 0 Å². The Labute approximate surface area is 182 Å². The van der Waals surface area contributed by atoms with Crippen LogP contribution < -0.4 is 16.8 Å². The van der Waals surface area contributed by atoms with Crippen LogP contribution in [0.2, 0.25) is 0 Å². The molecule has 0 aliphatic rings. The van der Waals surface area contributed by atoms with Crippen molar-refractivity contribution in [2.75, 3.05) is 16.8 Å². The molecule has 4 aromatic heterocycles. The number of hydrogen-bond acceptors (Lipinski definition) is 9. The van der Waals surface area contributed by atoms with Crippen molar-refractivity contribution in [1.82, 2.24) is 24.9 Å². The lowest BCUT2D eigenvalue weighted by molar-refractivity contribution is -0.144. The minimum atomic E-state index is -4.80. The zero-order chi connectivity index (χ0) is 22.9. The summed E-state index contributed by atoms with van der Waals surface area (Å²) < 4.78 is 39.3. The Bertz CT molecular complexity index is 1290. The highest BCUT2D eigenvalue weighted by Gasteiger charge is 2.35. The number of nitrogens with zero attached hydrogens (tertiary/aromatic N) is 5. The summed E-state index contributed by atoms with van der Waals surface area (Å²) in [5, 5.41) is 4.33. The second kappa shape index (κ2) is 8.19. The predicted octanol–water partition coefficient (Wildman–Crippen LogP) is 3.49. The molecule has 4 aromatic rings. The highest BCUT2D eigenvalue weighted by Crippen LogP contribution is 2.32. The summed E-state index contributed by atoms with van der Waals surface area (Å²) >= 11 is 1.37. The Morgan fingerprint density at radius 2 is 1.84 bits per heavy atom. The number of nitrogens with one attached hydrogen (secondary N) is 1. The molecule has 0 bridgehead atoms. The fourth-order valence-electron chi connectivity index (χ4n) is 2.76. The Morgan fingerprint density at radius 1 is 1.03 bits per heavy atom. The van der Waals surface area contributed by atoms with Crippen molar-refractivity contribution in [3.63, 3.8) is 0 Å². The van der Waals surface area contributed by atoms with Crippen LogP contribution >= 0.6 is 11.3 Å². The van der Waals surface area contributed by atoms with Crippen molar-refractivity contribution in [3.8, 4) is 22.6 Å². The number of aromatic nitrogens is 5. The van der Waals surface area contributed by atoms with Crippen LogP contribution in [-0.4, -0.2) is 30.8 Å². The van der Waals surface area contributed by atoms with E-state index in [0.29, 0.717) is 11.4 Å². The van der Waals surface area contributed by atoms with Crippen molar-refractivity contribution in [3.05, 3.63) is 59.1 Å². The van der Waals surface area contributed by atoms with Gasteiger partial charge in [0.2, 0.25) is 5.82 Å². The molecule has 4 rings (SSSR count). The molecule has 1 amide bonds. The second-order valence-corrected chi connectivity index (χ2v) is 7.10. The SMILES string of the molecule is Nc1cc(-c2ccncc2NC(=O)c2nc(-c3cscn3)ccc2N)nc(C(F)(F)F)n1. The summed E-state index contributed by atoms with van der Waals surface area (Å²) in [5.41, 5.74) is 14.2. The fourth-order valence-corrected chi connectivity index (χ4v) is 3.31. The maximum Gasteiger partial charge on any atom is 0.451 e. The first-order chi connectivity index (χ1) is 15.2. The Balaban J connectivity index is 1.70. The molecule has 0 aliphatic heterocycles. The van der Waals surface area contributed by atoms with E-state index in [2.05, 4.69) is 30.2 Å². The number of rotatable bonds is 4. The highest BCUT2D eigenvalue weighted by molar-refractivity contribution is 7.07. The summed E-state index contributed by atoms with van der Waals surface area (Å²) in [7, 11) is 0. The zero-order valence-corrected chi connectivity index (χ0v) is 16.8. The molecule has 0 atom stereocenters. The molecule has 4 heterocycles.